The lowest BCUT2D eigenvalue weighted by molar-refractivity contribution is -0.116. The van der Waals surface area contributed by atoms with Gasteiger partial charge in [-0.05, 0) is 30.4 Å². The number of benzene rings is 1. The van der Waals surface area contributed by atoms with E-state index in [1.165, 1.54) is 5.56 Å². The second-order valence-corrected chi connectivity index (χ2v) is 4.32. The minimum Gasteiger partial charge on any atom is -0.305 e. The monoisotopic (exact) mass is 235 g/mol. The van der Waals surface area contributed by atoms with Crippen LogP contribution in [0.5, 0.6) is 0 Å². The molecule has 0 aliphatic carbocycles. The molecule has 0 unspecified atom stereocenters. The first kappa shape index (κ1) is 11.2. The van der Waals surface area contributed by atoms with Crippen molar-refractivity contribution in [3.63, 3.8) is 0 Å². The summed E-state index contributed by atoms with van der Waals surface area (Å²) in [5, 5.41) is 0.616. The normalized spacial score (nSPS) is 16.4. The van der Waals surface area contributed by atoms with Crippen molar-refractivity contribution in [2.45, 2.75) is 19.3 Å². The average Bonchev–Trinajstić information content (AvgIpc) is 2.33. The first-order chi connectivity index (χ1) is 7.81. The van der Waals surface area contributed by atoms with Gasteiger partial charge in [0.15, 0.2) is 0 Å². The van der Waals surface area contributed by atoms with Crippen LogP contribution in [0.15, 0.2) is 41.1 Å². The van der Waals surface area contributed by atoms with Crippen LogP contribution in [0, 0.1) is 0 Å². The van der Waals surface area contributed by atoms with Gasteiger partial charge >= 0.3 is 0 Å². The third kappa shape index (κ3) is 2.45. The van der Waals surface area contributed by atoms with E-state index in [9.17, 15) is 4.79 Å². The fraction of sp³-hybridized carbons (Fsp3) is 0.308. The summed E-state index contributed by atoms with van der Waals surface area (Å²) in [6.45, 7) is 0.737. The van der Waals surface area contributed by atoms with E-state index in [-0.39, 0.29) is 0 Å². The molecule has 1 heterocycles. The van der Waals surface area contributed by atoms with Gasteiger partial charge in [-0.15, -0.1) is 0 Å². The number of carbonyl (C=O) groups is 1. The van der Waals surface area contributed by atoms with E-state index in [1.54, 1.807) is 4.90 Å². The van der Waals surface area contributed by atoms with E-state index in [0.29, 0.717) is 5.16 Å². The number of halogens is 1. The summed E-state index contributed by atoms with van der Waals surface area (Å²) in [6.07, 6.45) is 3.63. The van der Waals surface area contributed by atoms with E-state index < -0.39 is 0 Å². The molecule has 0 atom stereocenters. The molecule has 3 heteroatoms. The molecule has 0 saturated carbocycles. The predicted molar refractivity (Wildman–Crippen MR) is 65.0 cm³/mol. The summed E-state index contributed by atoms with van der Waals surface area (Å²) in [7, 11) is 0. The number of allylic oxidation sites excluding steroid dienone is 1. The van der Waals surface area contributed by atoms with E-state index >= 15 is 0 Å². The fourth-order valence-corrected chi connectivity index (χ4v) is 2.26. The van der Waals surface area contributed by atoms with Crippen LogP contribution in [0.2, 0.25) is 0 Å². The number of hydrogen-bond donors (Lipinski definition) is 0. The smallest absolute Gasteiger partial charge is 0.214 e. The zero-order valence-electron chi connectivity index (χ0n) is 9.03. The standard InChI is InChI=1S/C13H14ClNO/c14-13-12(7-4-8-15(13)10-16)9-11-5-2-1-3-6-11/h1-3,5-6,10H,4,7-9H2. The van der Waals surface area contributed by atoms with E-state index in [4.69, 9.17) is 11.6 Å². The zero-order chi connectivity index (χ0) is 11.4. The number of amides is 1. The minimum absolute atomic E-state index is 0.616. The number of nitrogens with zero attached hydrogens (tertiary/aromatic N) is 1. The fourth-order valence-electron chi connectivity index (χ4n) is 1.97. The summed E-state index contributed by atoms with van der Waals surface area (Å²) in [5.74, 6) is 0. The topological polar surface area (TPSA) is 20.3 Å². The number of rotatable bonds is 3. The lowest BCUT2D eigenvalue weighted by Crippen LogP contribution is -2.25. The first-order valence-corrected chi connectivity index (χ1v) is 5.82. The van der Waals surface area contributed by atoms with Crippen LogP contribution < -0.4 is 0 Å². The highest BCUT2D eigenvalue weighted by Crippen LogP contribution is 2.26. The second kappa shape index (κ2) is 5.17. The van der Waals surface area contributed by atoms with Gasteiger partial charge in [0.05, 0.1) is 0 Å². The molecule has 0 bridgehead atoms. The Kier molecular flexibility index (Phi) is 3.62. The molecule has 0 fully saturated rings. The molecule has 1 aliphatic rings. The molecule has 0 N–H and O–H groups in total. The van der Waals surface area contributed by atoms with Gasteiger partial charge in [0, 0.05) is 6.54 Å². The Bertz CT molecular complexity index is 400. The van der Waals surface area contributed by atoms with Crippen molar-refractivity contribution < 1.29 is 4.79 Å². The van der Waals surface area contributed by atoms with Crippen LogP contribution >= 0.6 is 11.6 Å². The summed E-state index contributed by atoms with van der Waals surface area (Å²) in [6, 6.07) is 10.2. The van der Waals surface area contributed by atoms with Crippen molar-refractivity contribution in [1.29, 1.82) is 0 Å². The molecular formula is C13H14ClNO. The SMILES string of the molecule is O=CN1CCCC(Cc2ccccc2)=C1Cl. The van der Waals surface area contributed by atoms with Crippen molar-refractivity contribution in [3.8, 4) is 0 Å². The average molecular weight is 236 g/mol. The Morgan fingerprint density at radius 1 is 1.31 bits per heavy atom. The van der Waals surface area contributed by atoms with Gasteiger partial charge in [-0.2, -0.15) is 0 Å². The first-order valence-electron chi connectivity index (χ1n) is 5.44. The van der Waals surface area contributed by atoms with E-state index in [1.807, 2.05) is 18.2 Å². The van der Waals surface area contributed by atoms with Crippen molar-refractivity contribution in [3.05, 3.63) is 46.6 Å². The molecule has 0 saturated heterocycles. The quantitative estimate of drug-likeness (QED) is 0.583. The molecular weight excluding hydrogens is 222 g/mol. The summed E-state index contributed by atoms with van der Waals surface area (Å²) in [4.78, 5) is 12.4. The number of hydrogen-bond acceptors (Lipinski definition) is 1. The Morgan fingerprint density at radius 3 is 2.75 bits per heavy atom. The molecule has 1 aromatic rings. The van der Waals surface area contributed by atoms with Gasteiger partial charge in [0.2, 0.25) is 6.41 Å². The molecule has 84 valence electrons. The summed E-state index contributed by atoms with van der Waals surface area (Å²) < 4.78 is 0. The molecule has 2 rings (SSSR count). The third-order valence-corrected chi connectivity index (χ3v) is 3.29. The Morgan fingerprint density at radius 2 is 2.06 bits per heavy atom. The molecule has 16 heavy (non-hydrogen) atoms. The molecule has 1 aromatic carbocycles. The Balaban J connectivity index is 2.17. The van der Waals surface area contributed by atoms with Crippen LogP contribution in [0.4, 0.5) is 0 Å². The molecule has 1 amide bonds. The Labute approximate surface area is 101 Å². The van der Waals surface area contributed by atoms with Crippen molar-refractivity contribution in [2.24, 2.45) is 0 Å². The van der Waals surface area contributed by atoms with Gasteiger partial charge < -0.3 is 4.90 Å². The largest absolute Gasteiger partial charge is 0.305 e. The van der Waals surface area contributed by atoms with Crippen molar-refractivity contribution in [1.82, 2.24) is 4.90 Å². The molecule has 0 radical (unpaired) electrons. The van der Waals surface area contributed by atoms with Gasteiger partial charge in [0.1, 0.15) is 5.16 Å². The maximum atomic E-state index is 10.8. The molecule has 1 aliphatic heterocycles. The van der Waals surface area contributed by atoms with Gasteiger partial charge in [-0.3, -0.25) is 4.79 Å². The highest BCUT2D eigenvalue weighted by molar-refractivity contribution is 6.30. The van der Waals surface area contributed by atoms with Crippen LogP contribution in [0.3, 0.4) is 0 Å². The maximum Gasteiger partial charge on any atom is 0.214 e. The summed E-state index contributed by atoms with van der Waals surface area (Å²) in [5.41, 5.74) is 2.40. The van der Waals surface area contributed by atoms with Gasteiger partial charge in [-0.25, -0.2) is 0 Å². The molecule has 0 aromatic heterocycles. The van der Waals surface area contributed by atoms with E-state index in [2.05, 4.69) is 12.1 Å². The highest BCUT2D eigenvalue weighted by atomic mass is 35.5. The highest BCUT2D eigenvalue weighted by Gasteiger charge is 2.17. The van der Waals surface area contributed by atoms with Gasteiger partial charge in [-0.1, -0.05) is 41.9 Å². The zero-order valence-corrected chi connectivity index (χ0v) is 9.78. The lowest BCUT2D eigenvalue weighted by atomic mass is 9.99. The van der Waals surface area contributed by atoms with Crippen molar-refractivity contribution >= 4 is 18.0 Å². The van der Waals surface area contributed by atoms with Crippen LogP contribution in [0.25, 0.3) is 0 Å². The minimum atomic E-state index is 0.616. The van der Waals surface area contributed by atoms with Crippen LogP contribution in [-0.4, -0.2) is 17.9 Å². The number of carbonyl (C=O) groups excluding carboxylic acids is 1. The lowest BCUT2D eigenvalue weighted by Gasteiger charge is -2.25. The summed E-state index contributed by atoms with van der Waals surface area (Å²) >= 11 is 6.17. The maximum absolute atomic E-state index is 10.8. The molecule has 0 spiro atoms. The van der Waals surface area contributed by atoms with Crippen LogP contribution in [0.1, 0.15) is 18.4 Å². The van der Waals surface area contributed by atoms with Gasteiger partial charge in [0.25, 0.3) is 0 Å². The van der Waals surface area contributed by atoms with Crippen molar-refractivity contribution in [2.75, 3.05) is 6.54 Å². The Hall–Kier alpha value is -1.28. The third-order valence-electron chi connectivity index (χ3n) is 2.81. The van der Waals surface area contributed by atoms with E-state index in [0.717, 1.165) is 37.8 Å². The predicted octanol–water partition coefficient (Wildman–Crippen LogP) is 2.93. The molecule has 2 nitrogen and oxygen atoms in total. The van der Waals surface area contributed by atoms with Crippen LogP contribution in [-0.2, 0) is 11.2 Å². The second-order valence-electron chi connectivity index (χ2n) is 3.96.